The number of piperidine rings is 1. The Hall–Kier alpha value is -0.970. The molecule has 8 nitrogen and oxygen atoms in total. The van der Waals surface area contributed by atoms with Gasteiger partial charge in [0, 0.05) is 33.4 Å². The monoisotopic (exact) mass is 350 g/mol. The summed E-state index contributed by atoms with van der Waals surface area (Å²) in [5, 5.41) is 6.53. The molecule has 0 unspecified atom stereocenters. The van der Waals surface area contributed by atoms with E-state index in [0.29, 0.717) is 25.2 Å². The number of nitrogens with zero attached hydrogens (tertiary/aromatic N) is 3. The minimum Gasteiger partial charge on any atom is -0.281 e. The van der Waals surface area contributed by atoms with Crippen LogP contribution in [-0.2, 0) is 26.5 Å². The molecule has 1 saturated heterocycles. The van der Waals surface area contributed by atoms with Gasteiger partial charge in [-0.3, -0.25) is 5.10 Å². The van der Waals surface area contributed by atoms with Crippen LogP contribution < -0.4 is 0 Å². The second-order valence-corrected chi connectivity index (χ2v) is 9.97. The number of nitrogens with one attached hydrogen (secondary N) is 1. The van der Waals surface area contributed by atoms with E-state index in [0.717, 1.165) is 19.1 Å². The van der Waals surface area contributed by atoms with Crippen LogP contribution in [0.4, 0.5) is 0 Å². The summed E-state index contributed by atoms with van der Waals surface area (Å²) in [6.07, 6.45) is 4.55. The molecule has 2 heterocycles. The minimum absolute atomic E-state index is 0.0735. The Labute approximate surface area is 131 Å². The highest BCUT2D eigenvalue weighted by atomic mass is 32.2. The first-order valence-electron chi connectivity index (χ1n) is 7.02. The molecular weight excluding hydrogens is 328 g/mol. The van der Waals surface area contributed by atoms with Gasteiger partial charge in [0.25, 0.3) is 10.2 Å². The summed E-state index contributed by atoms with van der Waals surface area (Å²) in [7, 11) is -3.74. The molecule has 22 heavy (non-hydrogen) atoms. The fourth-order valence-electron chi connectivity index (χ4n) is 2.69. The molecule has 2 rings (SSSR count). The zero-order chi connectivity index (χ0) is 16.5. The lowest BCUT2D eigenvalue weighted by Crippen LogP contribution is -2.45. The fourth-order valence-corrected chi connectivity index (χ4v) is 4.73. The van der Waals surface area contributed by atoms with Crippen molar-refractivity contribution in [1.29, 1.82) is 0 Å². The van der Waals surface area contributed by atoms with Crippen LogP contribution in [0.5, 0.6) is 0 Å². The van der Waals surface area contributed by atoms with Gasteiger partial charge in [0.15, 0.2) is 9.84 Å². The van der Waals surface area contributed by atoms with Gasteiger partial charge in [-0.25, -0.2) is 8.42 Å². The van der Waals surface area contributed by atoms with Crippen molar-refractivity contribution in [2.45, 2.75) is 24.2 Å². The van der Waals surface area contributed by atoms with Crippen molar-refractivity contribution < 1.29 is 16.8 Å². The third kappa shape index (κ3) is 3.67. The number of aromatic amines is 1. The van der Waals surface area contributed by atoms with E-state index in [2.05, 4.69) is 10.2 Å². The molecule has 1 aliphatic heterocycles. The highest BCUT2D eigenvalue weighted by Crippen LogP contribution is 2.25. The summed E-state index contributed by atoms with van der Waals surface area (Å²) >= 11 is 0. The van der Waals surface area contributed by atoms with E-state index < -0.39 is 20.0 Å². The zero-order valence-electron chi connectivity index (χ0n) is 13.0. The molecule has 0 aliphatic carbocycles. The van der Waals surface area contributed by atoms with Crippen LogP contribution in [0.15, 0.2) is 11.1 Å². The van der Waals surface area contributed by atoms with E-state index in [1.165, 1.54) is 28.9 Å². The Bertz CT molecular complexity index is 724. The van der Waals surface area contributed by atoms with Gasteiger partial charge in [0.1, 0.15) is 4.90 Å². The quantitative estimate of drug-likeness (QED) is 0.797. The summed E-state index contributed by atoms with van der Waals surface area (Å²) in [5.74, 6) is 0.0735. The number of aromatic nitrogens is 2. The number of rotatable bonds is 5. The van der Waals surface area contributed by atoms with Crippen LogP contribution in [0.25, 0.3) is 0 Å². The Morgan fingerprint density at radius 2 is 2.05 bits per heavy atom. The van der Waals surface area contributed by atoms with Crippen LogP contribution in [0.3, 0.4) is 0 Å². The molecule has 1 aromatic heterocycles. The van der Waals surface area contributed by atoms with Crippen LogP contribution in [0.2, 0.25) is 0 Å². The highest BCUT2D eigenvalue weighted by molar-refractivity contribution is 7.90. The number of H-pyrrole nitrogens is 1. The Morgan fingerprint density at radius 3 is 2.64 bits per heavy atom. The molecular formula is C12H22N4O4S2. The van der Waals surface area contributed by atoms with Gasteiger partial charge in [0.05, 0.1) is 11.9 Å². The molecule has 1 fully saturated rings. The van der Waals surface area contributed by atoms with Gasteiger partial charge < -0.3 is 0 Å². The molecule has 0 amide bonds. The van der Waals surface area contributed by atoms with E-state index in [1.54, 1.807) is 0 Å². The Morgan fingerprint density at radius 1 is 1.36 bits per heavy atom. The van der Waals surface area contributed by atoms with Crippen LogP contribution in [0, 0.1) is 5.92 Å². The average molecular weight is 350 g/mol. The topological polar surface area (TPSA) is 103 Å². The molecule has 0 bridgehead atoms. The smallest absolute Gasteiger partial charge is 0.281 e. The molecule has 10 heteroatoms. The lowest BCUT2D eigenvalue weighted by Gasteiger charge is -2.33. The maximum atomic E-state index is 12.2. The molecule has 0 radical (unpaired) electrons. The number of hydrogen-bond acceptors (Lipinski definition) is 5. The lowest BCUT2D eigenvalue weighted by atomic mass is 9.95. The van der Waals surface area contributed by atoms with Crippen molar-refractivity contribution >= 4 is 20.0 Å². The first-order valence-corrected chi connectivity index (χ1v) is 10.3. The Kier molecular flexibility index (Phi) is 4.95. The minimum atomic E-state index is -3.43. The first-order chi connectivity index (χ1) is 10.1. The van der Waals surface area contributed by atoms with E-state index in [1.807, 2.05) is 0 Å². The lowest BCUT2D eigenvalue weighted by molar-refractivity contribution is 0.252. The SMILES string of the molecule is CN(C)S(=O)(=O)N1CCC[C@@H](Cc2[nH]ncc2S(C)(=O)=O)C1. The van der Waals surface area contributed by atoms with Crippen LogP contribution in [-0.4, -0.2) is 69.1 Å². The molecule has 1 aliphatic rings. The van der Waals surface area contributed by atoms with Gasteiger partial charge in [0.2, 0.25) is 0 Å². The number of sulfone groups is 1. The van der Waals surface area contributed by atoms with Crippen LogP contribution in [0.1, 0.15) is 18.5 Å². The fraction of sp³-hybridized carbons (Fsp3) is 0.750. The summed E-state index contributed by atoms with van der Waals surface area (Å²) in [5.41, 5.74) is 0.552. The van der Waals surface area contributed by atoms with E-state index >= 15 is 0 Å². The molecule has 126 valence electrons. The predicted molar refractivity (Wildman–Crippen MR) is 82.3 cm³/mol. The second kappa shape index (κ2) is 6.26. The van der Waals surface area contributed by atoms with Crippen LogP contribution >= 0.6 is 0 Å². The summed E-state index contributed by atoms with van der Waals surface area (Å²) in [4.78, 5) is 0.195. The average Bonchev–Trinajstić information content (AvgIpc) is 2.87. The predicted octanol–water partition coefficient (Wildman–Crippen LogP) is -0.126. The Balaban J connectivity index is 2.14. The molecule has 1 atom stereocenters. The standard InChI is InChI=1S/C12H22N4O4S2/c1-15(2)22(19,20)16-6-4-5-10(9-16)7-11-12(8-13-14-11)21(3,17)18/h8,10H,4-7,9H2,1-3H3,(H,13,14)/t10-/m0/s1. The van der Waals surface area contributed by atoms with Gasteiger partial charge in [-0.15, -0.1) is 0 Å². The molecule has 0 saturated carbocycles. The van der Waals surface area contributed by atoms with E-state index in [-0.39, 0.29) is 10.8 Å². The van der Waals surface area contributed by atoms with Crippen molar-refractivity contribution in [3.05, 3.63) is 11.9 Å². The van der Waals surface area contributed by atoms with E-state index in [4.69, 9.17) is 0 Å². The van der Waals surface area contributed by atoms with Gasteiger partial charge in [-0.05, 0) is 25.2 Å². The largest absolute Gasteiger partial charge is 0.281 e. The molecule has 1 N–H and O–H groups in total. The second-order valence-electron chi connectivity index (χ2n) is 5.85. The first kappa shape index (κ1) is 17.4. The molecule has 1 aromatic rings. The molecule has 0 aromatic carbocycles. The molecule has 0 spiro atoms. The summed E-state index contributed by atoms with van der Waals surface area (Å²) in [6, 6.07) is 0. The summed E-state index contributed by atoms with van der Waals surface area (Å²) in [6.45, 7) is 0.891. The zero-order valence-corrected chi connectivity index (χ0v) is 14.6. The highest BCUT2D eigenvalue weighted by Gasteiger charge is 2.31. The third-order valence-corrected chi connectivity index (χ3v) is 6.90. The van der Waals surface area contributed by atoms with Crippen molar-refractivity contribution in [3.63, 3.8) is 0 Å². The maximum absolute atomic E-state index is 12.2. The normalized spacial score (nSPS) is 21.4. The van der Waals surface area contributed by atoms with Crippen molar-refractivity contribution in [3.8, 4) is 0 Å². The van der Waals surface area contributed by atoms with Crippen molar-refractivity contribution in [1.82, 2.24) is 18.8 Å². The van der Waals surface area contributed by atoms with Crippen molar-refractivity contribution in [2.75, 3.05) is 33.4 Å². The van der Waals surface area contributed by atoms with Gasteiger partial charge >= 0.3 is 0 Å². The van der Waals surface area contributed by atoms with Gasteiger partial charge in [-0.1, -0.05) is 0 Å². The maximum Gasteiger partial charge on any atom is 0.281 e. The number of hydrogen-bond donors (Lipinski definition) is 1. The third-order valence-electron chi connectivity index (χ3n) is 3.84. The summed E-state index contributed by atoms with van der Waals surface area (Å²) < 4.78 is 50.4. The van der Waals surface area contributed by atoms with Crippen molar-refractivity contribution in [2.24, 2.45) is 5.92 Å². The van der Waals surface area contributed by atoms with Gasteiger partial charge in [-0.2, -0.15) is 22.1 Å². The van der Waals surface area contributed by atoms with E-state index in [9.17, 15) is 16.8 Å².